The van der Waals surface area contributed by atoms with Crippen molar-refractivity contribution in [2.24, 2.45) is 5.73 Å². The van der Waals surface area contributed by atoms with Crippen molar-refractivity contribution in [2.75, 3.05) is 6.54 Å². The Kier molecular flexibility index (Phi) is 6.98. The van der Waals surface area contributed by atoms with Gasteiger partial charge in [0.05, 0.1) is 4.92 Å². The van der Waals surface area contributed by atoms with Crippen LogP contribution in [0.5, 0.6) is 0 Å². The molecule has 1 rings (SSSR count). The Morgan fingerprint density at radius 2 is 2.00 bits per heavy atom. The van der Waals surface area contributed by atoms with Crippen molar-refractivity contribution in [2.45, 2.75) is 51.6 Å². The number of nitro groups is 1. The van der Waals surface area contributed by atoms with Crippen LogP contribution in [-0.4, -0.2) is 32.7 Å². The minimum Gasteiger partial charge on any atom is -0.352 e. The highest BCUT2D eigenvalue weighted by molar-refractivity contribution is 5.85. The number of nitrogens with two attached hydrogens (primary N) is 1. The van der Waals surface area contributed by atoms with Gasteiger partial charge in [-0.05, 0) is 26.7 Å². The number of rotatable bonds is 7. The number of carbonyl (C=O) groups is 1. The molecule has 1 aromatic heterocycles. The van der Waals surface area contributed by atoms with Crippen LogP contribution in [0.1, 0.15) is 40.5 Å². The van der Waals surface area contributed by atoms with Gasteiger partial charge in [-0.1, -0.05) is 13.8 Å². The van der Waals surface area contributed by atoms with Gasteiger partial charge in [0.25, 0.3) is 0 Å². The van der Waals surface area contributed by atoms with Gasteiger partial charge in [0.2, 0.25) is 5.91 Å². The van der Waals surface area contributed by atoms with E-state index in [1.165, 1.54) is 10.9 Å². The maximum absolute atomic E-state index is 12.3. The molecule has 1 heterocycles. The number of carbonyl (C=O) groups excluding carboxylic acids is 1. The van der Waals surface area contributed by atoms with E-state index in [4.69, 9.17) is 5.73 Å². The Bertz CT molecular complexity index is 526. The zero-order valence-electron chi connectivity index (χ0n) is 13.3. The quantitative estimate of drug-likeness (QED) is 0.580. The van der Waals surface area contributed by atoms with Gasteiger partial charge in [0.1, 0.15) is 17.9 Å². The fourth-order valence-corrected chi connectivity index (χ4v) is 1.79. The third-order valence-electron chi connectivity index (χ3n) is 3.92. The van der Waals surface area contributed by atoms with Crippen LogP contribution in [0.3, 0.4) is 0 Å². The van der Waals surface area contributed by atoms with E-state index in [1.54, 1.807) is 13.8 Å². The molecular formula is C13H24ClN5O3. The van der Waals surface area contributed by atoms with Crippen LogP contribution in [0.2, 0.25) is 0 Å². The summed E-state index contributed by atoms with van der Waals surface area (Å²) in [4.78, 5) is 22.5. The molecule has 0 unspecified atom stereocenters. The zero-order valence-corrected chi connectivity index (χ0v) is 14.1. The van der Waals surface area contributed by atoms with Crippen molar-refractivity contribution in [3.05, 3.63) is 22.5 Å². The molecule has 0 aliphatic heterocycles. The monoisotopic (exact) mass is 333 g/mol. The number of hydrogen-bond acceptors (Lipinski definition) is 5. The van der Waals surface area contributed by atoms with Crippen LogP contribution in [0.4, 0.5) is 5.69 Å². The van der Waals surface area contributed by atoms with Crippen LogP contribution >= 0.6 is 12.4 Å². The molecule has 8 nitrogen and oxygen atoms in total. The topological polar surface area (TPSA) is 116 Å². The maximum atomic E-state index is 12.3. The Morgan fingerprint density at radius 1 is 1.45 bits per heavy atom. The molecule has 126 valence electrons. The van der Waals surface area contributed by atoms with E-state index in [1.807, 2.05) is 13.8 Å². The van der Waals surface area contributed by atoms with E-state index in [0.717, 1.165) is 19.0 Å². The smallest absolute Gasteiger partial charge is 0.307 e. The summed E-state index contributed by atoms with van der Waals surface area (Å²) in [6, 6.07) is 0. The zero-order chi connectivity index (χ0) is 16.3. The van der Waals surface area contributed by atoms with Gasteiger partial charge in [-0.2, -0.15) is 5.10 Å². The van der Waals surface area contributed by atoms with E-state index in [9.17, 15) is 14.9 Å². The Morgan fingerprint density at radius 3 is 2.41 bits per heavy atom. The van der Waals surface area contributed by atoms with Crippen molar-refractivity contribution in [3.8, 4) is 0 Å². The van der Waals surface area contributed by atoms with Gasteiger partial charge in [0.15, 0.2) is 0 Å². The predicted octanol–water partition coefficient (Wildman–Crippen LogP) is 1.58. The van der Waals surface area contributed by atoms with Gasteiger partial charge in [0, 0.05) is 12.1 Å². The predicted molar refractivity (Wildman–Crippen MR) is 86.0 cm³/mol. The first-order valence-electron chi connectivity index (χ1n) is 6.93. The Labute approximate surface area is 136 Å². The molecule has 0 radical (unpaired) electrons. The van der Waals surface area contributed by atoms with Gasteiger partial charge in [-0.25, -0.2) is 0 Å². The van der Waals surface area contributed by atoms with Crippen LogP contribution < -0.4 is 11.1 Å². The summed E-state index contributed by atoms with van der Waals surface area (Å²) >= 11 is 0. The minimum atomic E-state index is -1.03. The van der Waals surface area contributed by atoms with Crippen LogP contribution in [0, 0.1) is 10.1 Å². The molecule has 0 fully saturated rings. The third-order valence-corrected chi connectivity index (χ3v) is 3.92. The lowest BCUT2D eigenvalue weighted by atomic mass is 9.93. The standard InChI is InChI=1S/C13H23N5O3.ClH/c1-5-13(14,6-2)9-15-11(19)12(3,4)17-8-10(7-16-17)18(20)21;/h7-8H,5-6,9,14H2,1-4H3,(H,15,19);1H. The molecular weight excluding hydrogens is 310 g/mol. The lowest BCUT2D eigenvalue weighted by molar-refractivity contribution is -0.385. The molecule has 0 saturated carbocycles. The van der Waals surface area contributed by atoms with Crippen LogP contribution in [0.15, 0.2) is 12.4 Å². The molecule has 0 aliphatic rings. The van der Waals surface area contributed by atoms with Crippen molar-refractivity contribution in [3.63, 3.8) is 0 Å². The summed E-state index contributed by atoms with van der Waals surface area (Å²) in [5, 5.41) is 17.4. The van der Waals surface area contributed by atoms with Crippen LogP contribution in [-0.2, 0) is 10.3 Å². The summed E-state index contributed by atoms with van der Waals surface area (Å²) in [5.41, 5.74) is 4.52. The van der Waals surface area contributed by atoms with Crippen molar-refractivity contribution in [1.82, 2.24) is 15.1 Å². The highest BCUT2D eigenvalue weighted by atomic mass is 35.5. The molecule has 1 aromatic rings. The van der Waals surface area contributed by atoms with Gasteiger partial charge in [-0.15, -0.1) is 12.4 Å². The first-order valence-corrected chi connectivity index (χ1v) is 6.93. The van der Waals surface area contributed by atoms with E-state index in [-0.39, 0.29) is 24.0 Å². The molecule has 3 N–H and O–H groups in total. The third kappa shape index (κ3) is 4.41. The summed E-state index contributed by atoms with van der Waals surface area (Å²) in [5.74, 6) is -0.280. The highest BCUT2D eigenvalue weighted by Gasteiger charge is 2.33. The van der Waals surface area contributed by atoms with Gasteiger partial charge in [-0.3, -0.25) is 19.6 Å². The average Bonchev–Trinajstić information content (AvgIpc) is 2.95. The maximum Gasteiger partial charge on any atom is 0.307 e. The number of nitrogens with zero attached hydrogens (tertiary/aromatic N) is 3. The molecule has 0 atom stereocenters. The molecule has 0 spiro atoms. The number of nitrogens with one attached hydrogen (secondary N) is 1. The Hall–Kier alpha value is -1.67. The van der Waals surface area contributed by atoms with E-state index < -0.39 is 16.0 Å². The Balaban J connectivity index is 0.00000441. The second-order valence-corrected chi connectivity index (χ2v) is 5.71. The van der Waals surface area contributed by atoms with Crippen LogP contribution in [0.25, 0.3) is 0 Å². The molecule has 0 saturated heterocycles. The number of hydrogen-bond donors (Lipinski definition) is 2. The van der Waals surface area contributed by atoms with Gasteiger partial charge < -0.3 is 11.1 Å². The summed E-state index contributed by atoms with van der Waals surface area (Å²) in [6.07, 6.45) is 3.87. The summed E-state index contributed by atoms with van der Waals surface area (Å²) in [7, 11) is 0. The molecule has 22 heavy (non-hydrogen) atoms. The summed E-state index contributed by atoms with van der Waals surface area (Å²) < 4.78 is 1.29. The van der Waals surface area contributed by atoms with Gasteiger partial charge >= 0.3 is 5.69 Å². The lowest BCUT2D eigenvalue weighted by Crippen LogP contribution is -2.53. The molecule has 0 aliphatic carbocycles. The minimum absolute atomic E-state index is 0. The van der Waals surface area contributed by atoms with Crippen molar-refractivity contribution in [1.29, 1.82) is 0 Å². The number of amides is 1. The fraction of sp³-hybridized carbons (Fsp3) is 0.692. The second-order valence-electron chi connectivity index (χ2n) is 5.71. The normalized spacial score (nSPS) is 11.7. The van der Waals surface area contributed by atoms with E-state index in [2.05, 4.69) is 10.4 Å². The highest BCUT2D eigenvalue weighted by Crippen LogP contribution is 2.19. The van der Waals surface area contributed by atoms with Crippen molar-refractivity contribution >= 4 is 24.0 Å². The fourth-order valence-electron chi connectivity index (χ4n) is 1.79. The molecule has 0 aromatic carbocycles. The number of halogens is 1. The number of aromatic nitrogens is 2. The molecule has 9 heteroatoms. The summed E-state index contributed by atoms with van der Waals surface area (Å²) in [6.45, 7) is 7.59. The lowest BCUT2D eigenvalue weighted by Gasteiger charge is -2.30. The first kappa shape index (κ1) is 20.3. The average molecular weight is 334 g/mol. The largest absolute Gasteiger partial charge is 0.352 e. The molecule has 1 amide bonds. The second kappa shape index (κ2) is 7.55. The van der Waals surface area contributed by atoms with E-state index >= 15 is 0 Å². The molecule has 0 bridgehead atoms. The van der Waals surface area contributed by atoms with E-state index in [0.29, 0.717) is 6.54 Å². The SMILES string of the molecule is CCC(N)(CC)CNC(=O)C(C)(C)n1cc([N+](=O)[O-])cn1.Cl. The first-order chi connectivity index (χ1) is 9.66. The van der Waals surface area contributed by atoms with Crippen molar-refractivity contribution < 1.29 is 9.72 Å².